The summed E-state index contributed by atoms with van der Waals surface area (Å²) in [5, 5.41) is 7.07. The first kappa shape index (κ1) is 20.4. The number of fused-ring (bicyclic) bond motifs is 1. The van der Waals surface area contributed by atoms with Gasteiger partial charge < -0.3 is 15.2 Å². The second kappa shape index (κ2) is 8.80. The topological polar surface area (TPSA) is 54.2 Å². The van der Waals surface area contributed by atoms with Crippen molar-refractivity contribution < 1.29 is 0 Å². The van der Waals surface area contributed by atoms with Gasteiger partial charge in [0.1, 0.15) is 5.82 Å². The normalized spacial score (nSPS) is 18.7. The summed E-state index contributed by atoms with van der Waals surface area (Å²) in [6, 6.07) is 8.37. The molecule has 0 spiro atoms. The quantitative estimate of drug-likeness (QED) is 0.271. The molecule has 0 atom stereocenters. The van der Waals surface area contributed by atoms with E-state index in [4.69, 9.17) is 0 Å². The third-order valence-electron chi connectivity index (χ3n) is 6.32. The van der Waals surface area contributed by atoms with Crippen LogP contribution in [0.1, 0.15) is 44.3 Å². The van der Waals surface area contributed by atoms with Gasteiger partial charge in [0.25, 0.3) is 0 Å². The molecule has 1 aromatic carbocycles. The van der Waals surface area contributed by atoms with E-state index >= 15 is 0 Å². The molecule has 2 fully saturated rings. The van der Waals surface area contributed by atoms with E-state index < -0.39 is 0 Å². The molecule has 4 rings (SSSR count). The average molecular weight is 481 g/mol. The Labute approximate surface area is 179 Å². The molecular weight excluding hydrogens is 449 g/mol. The summed E-state index contributed by atoms with van der Waals surface area (Å²) >= 11 is 0. The third kappa shape index (κ3) is 4.41. The Morgan fingerprint density at radius 1 is 1.26 bits per heavy atom. The number of aromatic nitrogens is 2. The Bertz CT molecular complexity index is 789. The highest BCUT2D eigenvalue weighted by Crippen LogP contribution is 2.56. The van der Waals surface area contributed by atoms with Gasteiger partial charge in [0.2, 0.25) is 0 Å². The molecule has 1 aromatic heterocycles. The van der Waals surface area contributed by atoms with E-state index in [2.05, 4.69) is 50.3 Å². The highest BCUT2D eigenvalue weighted by atomic mass is 127. The molecule has 0 amide bonds. The molecule has 2 aliphatic carbocycles. The van der Waals surface area contributed by atoms with Crippen molar-refractivity contribution in [3.8, 4) is 0 Å². The summed E-state index contributed by atoms with van der Waals surface area (Å²) in [5.74, 6) is 3.01. The number of hydrogen-bond donors (Lipinski definition) is 2. The number of para-hydroxylation sites is 2. The number of nitrogens with one attached hydrogen (secondary N) is 2. The van der Waals surface area contributed by atoms with Crippen molar-refractivity contribution in [2.45, 2.75) is 52.0 Å². The van der Waals surface area contributed by atoms with Gasteiger partial charge >= 0.3 is 0 Å². The predicted molar refractivity (Wildman–Crippen MR) is 123 cm³/mol. The van der Waals surface area contributed by atoms with Crippen molar-refractivity contribution in [2.75, 3.05) is 20.1 Å². The number of benzene rings is 1. The number of nitrogens with zero attached hydrogens (tertiary/aromatic N) is 3. The second-order valence-electron chi connectivity index (χ2n) is 8.00. The van der Waals surface area contributed by atoms with E-state index in [9.17, 15) is 0 Å². The fourth-order valence-corrected chi connectivity index (χ4v) is 4.46. The lowest BCUT2D eigenvalue weighted by atomic mass is 9.65. The maximum atomic E-state index is 4.64. The summed E-state index contributed by atoms with van der Waals surface area (Å²) in [6.45, 7) is 5.07. The van der Waals surface area contributed by atoms with Crippen LogP contribution in [0.5, 0.6) is 0 Å². The number of hydrogen-bond acceptors (Lipinski definition) is 2. The fraction of sp³-hybridized carbons (Fsp3) is 0.619. The van der Waals surface area contributed by atoms with E-state index in [-0.39, 0.29) is 24.0 Å². The molecule has 5 nitrogen and oxygen atoms in total. The van der Waals surface area contributed by atoms with Gasteiger partial charge in [0.05, 0.1) is 11.0 Å². The van der Waals surface area contributed by atoms with E-state index in [1.165, 1.54) is 37.6 Å². The third-order valence-corrected chi connectivity index (χ3v) is 6.32. The van der Waals surface area contributed by atoms with Crippen molar-refractivity contribution in [3.05, 3.63) is 30.1 Å². The van der Waals surface area contributed by atoms with E-state index in [1.807, 2.05) is 13.1 Å². The molecule has 0 bridgehead atoms. The molecule has 6 heteroatoms. The number of imidazole rings is 1. The largest absolute Gasteiger partial charge is 0.356 e. The zero-order valence-electron chi connectivity index (χ0n) is 16.5. The van der Waals surface area contributed by atoms with Crippen LogP contribution in [0.25, 0.3) is 11.0 Å². The fourth-order valence-electron chi connectivity index (χ4n) is 4.46. The van der Waals surface area contributed by atoms with Crippen molar-refractivity contribution in [1.29, 1.82) is 0 Å². The Balaban J connectivity index is 0.00000210. The van der Waals surface area contributed by atoms with Crippen molar-refractivity contribution in [1.82, 2.24) is 20.2 Å². The Morgan fingerprint density at radius 2 is 2.04 bits per heavy atom. The molecule has 148 valence electrons. The summed E-state index contributed by atoms with van der Waals surface area (Å²) in [5.41, 5.74) is 2.88. The van der Waals surface area contributed by atoms with Gasteiger partial charge in [-0.15, -0.1) is 24.0 Å². The summed E-state index contributed by atoms with van der Waals surface area (Å²) < 4.78 is 2.31. The minimum Gasteiger partial charge on any atom is -0.356 e. The number of rotatable bonds is 7. The van der Waals surface area contributed by atoms with Crippen LogP contribution < -0.4 is 10.6 Å². The van der Waals surface area contributed by atoms with Crippen molar-refractivity contribution >= 4 is 41.0 Å². The average Bonchev–Trinajstić information content (AvgIpc) is 3.40. The van der Waals surface area contributed by atoms with E-state index in [0.717, 1.165) is 49.3 Å². The Morgan fingerprint density at radius 3 is 2.70 bits per heavy atom. The molecule has 1 heterocycles. The zero-order chi connectivity index (χ0) is 18.0. The molecule has 0 aliphatic heterocycles. The van der Waals surface area contributed by atoms with Gasteiger partial charge in [-0.2, -0.15) is 0 Å². The first-order valence-corrected chi connectivity index (χ1v) is 10.1. The molecule has 2 saturated carbocycles. The van der Waals surface area contributed by atoms with Gasteiger partial charge in [-0.25, -0.2) is 4.98 Å². The van der Waals surface area contributed by atoms with Gasteiger partial charge in [-0.3, -0.25) is 4.99 Å². The molecule has 2 aliphatic rings. The van der Waals surface area contributed by atoms with Gasteiger partial charge in [-0.1, -0.05) is 18.6 Å². The molecule has 27 heavy (non-hydrogen) atoms. The van der Waals surface area contributed by atoms with Gasteiger partial charge in [-0.05, 0) is 62.5 Å². The molecule has 0 radical (unpaired) electrons. The van der Waals surface area contributed by atoms with Crippen LogP contribution in [0.3, 0.4) is 0 Å². The van der Waals surface area contributed by atoms with Crippen LogP contribution in [0.2, 0.25) is 0 Å². The molecular formula is C21H32IN5. The Kier molecular flexibility index (Phi) is 6.65. The van der Waals surface area contributed by atoms with Crippen LogP contribution in [-0.4, -0.2) is 35.6 Å². The minimum atomic E-state index is 0. The molecule has 2 N–H and O–H groups in total. The number of aryl methyl sites for hydroxylation is 2. The van der Waals surface area contributed by atoms with Crippen LogP contribution in [-0.2, 0) is 6.54 Å². The zero-order valence-corrected chi connectivity index (χ0v) is 18.8. The lowest BCUT2D eigenvalue weighted by Gasteiger charge is -2.43. The SMILES string of the molecule is CN=C(NCCCn1c(C)nc2ccccc21)NCC1(C2CC2)CCC1.I. The highest BCUT2D eigenvalue weighted by molar-refractivity contribution is 14.0. The Hall–Kier alpha value is -1.31. The minimum absolute atomic E-state index is 0. The second-order valence-corrected chi connectivity index (χ2v) is 8.00. The van der Waals surface area contributed by atoms with Gasteiger partial charge in [0.15, 0.2) is 5.96 Å². The lowest BCUT2D eigenvalue weighted by molar-refractivity contribution is 0.106. The van der Waals surface area contributed by atoms with Gasteiger partial charge in [0, 0.05) is 26.7 Å². The summed E-state index contributed by atoms with van der Waals surface area (Å²) in [6.07, 6.45) is 8.12. The molecule has 0 unspecified atom stereocenters. The van der Waals surface area contributed by atoms with Crippen molar-refractivity contribution in [2.24, 2.45) is 16.3 Å². The van der Waals surface area contributed by atoms with Crippen LogP contribution in [0.4, 0.5) is 0 Å². The summed E-state index contributed by atoms with van der Waals surface area (Å²) in [7, 11) is 1.87. The number of aliphatic imine (C=N–C) groups is 1. The molecule has 2 aromatic rings. The molecule has 0 saturated heterocycles. The smallest absolute Gasteiger partial charge is 0.190 e. The maximum absolute atomic E-state index is 4.64. The number of guanidine groups is 1. The first-order valence-electron chi connectivity index (χ1n) is 10.1. The van der Waals surface area contributed by atoms with E-state index in [1.54, 1.807) is 0 Å². The lowest BCUT2D eigenvalue weighted by Crippen LogP contribution is -2.47. The van der Waals surface area contributed by atoms with Crippen LogP contribution >= 0.6 is 24.0 Å². The summed E-state index contributed by atoms with van der Waals surface area (Å²) in [4.78, 5) is 9.05. The number of halogens is 1. The predicted octanol–water partition coefficient (Wildman–Crippen LogP) is 4.10. The van der Waals surface area contributed by atoms with Crippen LogP contribution in [0, 0.1) is 18.3 Å². The maximum Gasteiger partial charge on any atom is 0.190 e. The van der Waals surface area contributed by atoms with Crippen LogP contribution in [0.15, 0.2) is 29.3 Å². The highest BCUT2D eigenvalue weighted by Gasteiger charge is 2.48. The standard InChI is InChI=1S/C21H31N5.HI/c1-16-25-18-7-3-4-8-19(18)26(16)14-6-13-23-20(22-2)24-15-21(11-5-12-21)17-9-10-17;/h3-4,7-8,17H,5-6,9-15H2,1-2H3,(H2,22,23,24);1H. The monoisotopic (exact) mass is 481 g/mol. The van der Waals surface area contributed by atoms with E-state index in [0.29, 0.717) is 5.41 Å². The first-order chi connectivity index (χ1) is 12.7. The van der Waals surface area contributed by atoms with Crippen molar-refractivity contribution in [3.63, 3.8) is 0 Å².